The third kappa shape index (κ3) is 4.47. The van der Waals surface area contributed by atoms with Crippen molar-refractivity contribution in [2.75, 3.05) is 20.1 Å². The number of benzene rings is 1. The second-order valence-corrected chi connectivity index (χ2v) is 5.88. The molecule has 0 aliphatic heterocycles. The van der Waals surface area contributed by atoms with Gasteiger partial charge in [0.15, 0.2) is 5.78 Å². The van der Waals surface area contributed by atoms with Crippen molar-refractivity contribution < 1.29 is 9.59 Å². The Morgan fingerprint density at radius 2 is 1.95 bits per heavy atom. The number of likely N-dealkylation sites (N-methyl/N-ethyl adjacent to an activating group) is 1. The van der Waals surface area contributed by atoms with Gasteiger partial charge in [-0.05, 0) is 38.1 Å². The predicted molar refractivity (Wildman–Crippen MR) is 79.5 cm³/mol. The van der Waals surface area contributed by atoms with Gasteiger partial charge in [0.2, 0.25) is 5.91 Å². The summed E-state index contributed by atoms with van der Waals surface area (Å²) in [5.74, 6) is -0.137. The van der Waals surface area contributed by atoms with Crippen molar-refractivity contribution in [3.63, 3.8) is 0 Å². The summed E-state index contributed by atoms with van der Waals surface area (Å²) in [4.78, 5) is 25.4. The first-order chi connectivity index (χ1) is 9.45. The van der Waals surface area contributed by atoms with E-state index in [0.717, 1.165) is 12.8 Å². The molecule has 20 heavy (non-hydrogen) atoms. The summed E-state index contributed by atoms with van der Waals surface area (Å²) in [7, 11) is 1.74. The van der Waals surface area contributed by atoms with Crippen molar-refractivity contribution in [2.24, 2.45) is 0 Å². The molecule has 1 N–H and O–H groups in total. The molecule has 1 amide bonds. The minimum Gasteiger partial charge on any atom is -0.352 e. The van der Waals surface area contributed by atoms with E-state index in [2.05, 4.69) is 5.32 Å². The van der Waals surface area contributed by atoms with Crippen molar-refractivity contribution in [2.45, 2.75) is 18.9 Å². The van der Waals surface area contributed by atoms with Crippen LogP contribution in [0.25, 0.3) is 0 Å². The average Bonchev–Trinajstić information content (AvgIpc) is 3.15. The highest BCUT2D eigenvalue weighted by molar-refractivity contribution is 6.42. The van der Waals surface area contributed by atoms with Crippen LogP contribution in [0.1, 0.15) is 23.2 Å². The standard InChI is InChI=1S/C14H16Cl2N2O2/c1-18(8-14(20)17-10-3-4-10)7-13(19)9-2-5-11(15)12(16)6-9/h2,5-6,10H,3-4,7-8H2,1H3,(H,17,20). The SMILES string of the molecule is CN(CC(=O)NC1CC1)CC(=O)c1ccc(Cl)c(Cl)c1. The van der Waals surface area contributed by atoms with Gasteiger partial charge in [-0.2, -0.15) is 0 Å². The molecule has 1 saturated carbocycles. The zero-order chi connectivity index (χ0) is 14.7. The molecule has 4 nitrogen and oxygen atoms in total. The molecule has 0 heterocycles. The van der Waals surface area contributed by atoms with E-state index in [9.17, 15) is 9.59 Å². The Balaban J connectivity index is 1.85. The van der Waals surface area contributed by atoms with Crippen LogP contribution in [0, 0.1) is 0 Å². The molecule has 0 saturated heterocycles. The zero-order valence-corrected chi connectivity index (χ0v) is 12.7. The van der Waals surface area contributed by atoms with Gasteiger partial charge in [0.1, 0.15) is 0 Å². The number of rotatable bonds is 6. The third-order valence-electron chi connectivity index (χ3n) is 3.01. The Bertz CT molecular complexity index is 530. The lowest BCUT2D eigenvalue weighted by Gasteiger charge is -2.15. The fourth-order valence-electron chi connectivity index (χ4n) is 1.81. The van der Waals surface area contributed by atoms with E-state index >= 15 is 0 Å². The first-order valence-electron chi connectivity index (χ1n) is 6.42. The van der Waals surface area contributed by atoms with E-state index in [1.165, 1.54) is 0 Å². The van der Waals surface area contributed by atoms with E-state index in [4.69, 9.17) is 23.2 Å². The Morgan fingerprint density at radius 1 is 1.25 bits per heavy atom. The van der Waals surface area contributed by atoms with Gasteiger partial charge in [0.05, 0.1) is 23.1 Å². The van der Waals surface area contributed by atoms with E-state index in [0.29, 0.717) is 21.7 Å². The third-order valence-corrected chi connectivity index (χ3v) is 3.75. The number of carbonyl (C=O) groups is 2. The fourth-order valence-corrected chi connectivity index (χ4v) is 2.11. The number of hydrogen-bond acceptors (Lipinski definition) is 3. The normalized spacial score (nSPS) is 14.4. The first kappa shape index (κ1) is 15.3. The Morgan fingerprint density at radius 3 is 2.55 bits per heavy atom. The molecule has 1 aliphatic carbocycles. The first-order valence-corrected chi connectivity index (χ1v) is 7.17. The molecule has 1 aliphatic rings. The van der Waals surface area contributed by atoms with Crippen LogP contribution in [0.15, 0.2) is 18.2 Å². The van der Waals surface area contributed by atoms with Crippen LogP contribution in [0.4, 0.5) is 0 Å². The van der Waals surface area contributed by atoms with E-state index in [1.807, 2.05) is 0 Å². The smallest absolute Gasteiger partial charge is 0.234 e. The number of nitrogens with zero attached hydrogens (tertiary/aromatic N) is 1. The van der Waals surface area contributed by atoms with Crippen molar-refractivity contribution in [3.8, 4) is 0 Å². The molecule has 0 unspecified atom stereocenters. The summed E-state index contributed by atoms with van der Waals surface area (Å²) in [6, 6.07) is 5.11. The van der Waals surface area contributed by atoms with Gasteiger partial charge in [-0.1, -0.05) is 23.2 Å². The number of carbonyl (C=O) groups excluding carboxylic acids is 2. The predicted octanol–water partition coefficient (Wildman–Crippen LogP) is 2.39. The molecule has 0 aromatic heterocycles. The van der Waals surface area contributed by atoms with Crippen molar-refractivity contribution in [3.05, 3.63) is 33.8 Å². The molecule has 1 aromatic rings. The molecular formula is C14H16Cl2N2O2. The molecule has 0 spiro atoms. The summed E-state index contributed by atoms with van der Waals surface area (Å²) in [5, 5.41) is 3.65. The van der Waals surface area contributed by atoms with Gasteiger partial charge >= 0.3 is 0 Å². The minimum atomic E-state index is -0.0923. The van der Waals surface area contributed by atoms with E-state index in [-0.39, 0.29) is 24.8 Å². The Labute approximate surface area is 128 Å². The maximum atomic E-state index is 12.1. The van der Waals surface area contributed by atoms with Gasteiger partial charge in [-0.3, -0.25) is 14.5 Å². The van der Waals surface area contributed by atoms with Crippen LogP contribution < -0.4 is 5.32 Å². The lowest BCUT2D eigenvalue weighted by molar-refractivity contribution is -0.121. The molecule has 6 heteroatoms. The maximum Gasteiger partial charge on any atom is 0.234 e. The minimum absolute atomic E-state index is 0.0445. The van der Waals surface area contributed by atoms with Crippen LogP contribution in [0.2, 0.25) is 10.0 Å². The van der Waals surface area contributed by atoms with Crippen molar-refractivity contribution in [1.82, 2.24) is 10.2 Å². The molecule has 0 radical (unpaired) electrons. The number of hydrogen-bond donors (Lipinski definition) is 1. The van der Waals surface area contributed by atoms with Crippen molar-refractivity contribution in [1.29, 1.82) is 0 Å². The highest BCUT2D eigenvalue weighted by Gasteiger charge is 2.23. The highest BCUT2D eigenvalue weighted by atomic mass is 35.5. The number of halogens is 2. The average molecular weight is 315 g/mol. The quantitative estimate of drug-likeness (QED) is 0.820. The summed E-state index contributed by atoms with van der Waals surface area (Å²) < 4.78 is 0. The maximum absolute atomic E-state index is 12.1. The van der Waals surface area contributed by atoms with Crippen LogP contribution in [-0.2, 0) is 4.79 Å². The van der Waals surface area contributed by atoms with Gasteiger partial charge in [-0.25, -0.2) is 0 Å². The summed E-state index contributed by atoms with van der Waals surface area (Å²) >= 11 is 11.7. The van der Waals surface area contributed by atoms with E-state index < -0.39 is 0 Å². The molecule has 108 valence electrons. The van der Waals surface area contributed by atoms with E-state index in [1.54, 1.807) is 30.1 Å². The fraction of sp³-hybridized carbons (Fsp3) is 0.429. The second-order valence-electron chi connectivity index (χ2n) is 5.07. The topological polar surface area (TPSA) is 49.4 Å². The number of Topliss-reactive ketones (excluding diaryl/α,β-unsaturated/α-hetero) is 1. The van der Waals surface area contributed by atoms with Crippen LogP contribution >= 0.6 is 23.2 Å². The van der Waals surface area contributed by atoms with Gasteiger partial charge < -0.3 is 5.32 Å². The lowest BCUT2D eigenvalue weighted by Crippen LogP contribution is -2.38. The molecular weight excluding hydrogens is 299 g/mol. The second kappa shape index (κ2) is 6.57. The molecule has 1 aromatic carbocycles. The Hall–Kier alpha value is -1.10. The molecule has 1 fully saturated rings. The summed E-state index contributed by atoms with van der Waals surface area (Å²) in [6.45, 7) is 0.375. The lowest BCUT2D eigenvalue weighted by atomic mass is 10.1. The largest absolute Gasteiger partial charge is 0.352 e. The number of amides is 1. The monoisotopic (exact) mass is 314 g/mol. The van der Waals surface area contributed by atoms with Gasteiger partial charge in [0.25, 0.3) is 0 Å². The number of nitrogens with one attached hydrogen (secondary N) is 1. The highest BCUT2D eigenvalue weighted by Crippen LogP contribution is 2.22. The summed E-state index contributed by atoms with van der Waals surface area (Å²) in [5.41, 5.74) is 0.494. The zero-order valence-electron chi connectivity index (χ0n) is 11.2. The molecule has 0 bridgehead atoms. The summed E-state index contributed by atoms with van der Waals surface area (Å²) in [6.07, 6.45) is 2.11. The number of ketones is 1. The van der Waals surface area contributed by atoms with Gasteiger partial charge in [-0.15, -0.1) is 0 Å². The molecule has 2 rings (SSSR count). The van der Waals surface area contributed by atoms with Crippen LogP contribution in [0.3, 0.4) is 0 Å². The van der Waals surface area contributed by atoms with Crippen molar-refractivity contribution >= 4 is 34.9 Å². The van der Waals surface area contributed by atoms with Gasteiger partial charge in [0, 0.05) is 11.6 Å². The Kier molecular flexibility index (Phi) is 5.02. The molecule has 0 atom stereocenters. The van der Waals surface area contributed by atoms with Crippen LogP contribution in [-0.4, -0.2) is 42.8 Å². The van der Waals surface area contributed by atoms with Crippen LogP contribution in [0.5, 0.6) is 0 Å².